The molecule has 10 heavy (non-hydrogen) atoms. The van der Waals surface area contributed by atoms with Crippen molar-refractivity contribution in [2.24, 2.45) is 17.6 Å². The molecular weight excluding hydrogens is 124 g/mol. The van der Waals surface area contributed by atoms with Gasteiger partial charge in [0.15, 0.2) is 0 Å². The monoisotopic (exact) mass is 140 g/mol. The van der Waals surface area contributed by atoms with E-state index in [1.807, 2.05) is 0 Å². The lowest BCUT2D eigenvalue weighted by atomic mass is 10.3. The highest BCUT2D eigenvalue weighted by Crippen LogP contribution is 2.44. The number of nitrogens with two attached hydrogens (primary N) is 1. The molecule has 0 radical (unpaired) electrons. The quantitative estimate of drug-likeness (QED) is 0.567. The van der Waals surface area contributed by atoms with Gasteiger partial charge in [0.05, 0.1) is 0 Å². The second kappa shape index (κ2) is 1.95. The summed E-state index contributed by atoms with van der Waals surface area (Å²) in [5.41, 5.74) is 5.81. The van der Waals surface area contributed by atoms with Crippen LogP contribution in [0.3, 0.4) is 0 Å². The summed E-state index contributed by atoms with van der Waals surface area (Å²) in [5, 5.41) is 0. The molecule has 2 rings (SSSR count). The van der Waals surface area contributed by atoms with E-state index in [4.69, 9.17) is 5.73 Å². The molecule has 0 aromatic rings. The van der Waals surface area contributed by atoms with E-state index < -0.39 is 0 Å². The first-order valence-electron chi connectivity index (χ1n) is 4.20. The molecule has 2 aliphatic rings. The number of rotatable bonds is 1. The van der Waals surface area contributed by atoms with Crippen molar-refractivity contribution < 1.29 is 0 Å². The van der Waals surface area contributed by atoms with Crippen molar-refractivity contribution >= 4 is 0 Å². The van der Waals surface area contributed by atoms with Crippen molar-refractivity contribution in [3.8, 4) is 0 Å². The van der Waals surface area contributed by atoms with Crippen LogP contribution < -0.4 is 5.73 Å². The second-order valence-electron chi connectivity index (χ2n) is 3.95. The summed E-state index contributed by atoms with van der Waals surface area (Å²) in [6.07, 6.45) is 0. The van der Waals surface area contributed by atoms with Gasteiger partial charge in [-0.3, -0.25) is 0 Å². The number of nitrogens with zero attached hydrogens (tertiary/aromatic N) is 1. The number of hydrogen-bond donors (Lipinski definition) is 1. The van der Waals surface area contributed by atoms with Crippen LogP contribution in [-0.4, -0.2) is 30.1 Å². The van der Waals surface area contributed by atoms with Crippen LogP contribution in [0.25, 0.3) is 0 Å². The van der Waals surface area contributed by atoms with Gasteiger partial charge in [-0.15, -0.1) is 0 Å². The molecule has 0 unspecified atom stereocenters. The largest absolute Gasteiger partial charge is 0.327 e. The molecule has 0 aromatic carbocycles. The fraction of sp³-hybridized carbons (Fsp3) is 1.00. The van der Waals surface area contributed by atoms with Gasteiger partial charge in [0, 0.05) is 25.2 Å². The summed E-state index contributed by atoms with van der Waals surface area (Å²) >= 11 is 0. The Bertz CT molecular complexity index is 132. The molecule has 0 spiro atoms. The summed E-state index contributed by atoms with van der Waals surface area (Å²) in [6.45, 7) is 7.03. The maximum Gasteiger partial charge on any atom is 0.0127 e. The molecule has 1 aliphatic heterocycles. The Morgan fingerprint density at radius 3 is 2.20 bits per heavy atom. The van der Waals surface area contributed by atoms with Crippen LogP contribution in [0.2, 0.25) is 0 Å². The van der Waals surface area contributed by atoms with Gasteiger partial charge in [-0.25, -0.2) is 0 Å². The normalized spacial score (nSPS) is 46.2. The Morgan fingerprint density at radius 2 is 1.80 bits per heavy atom. The molecule has 2 heteroatoms. The Hall–Kier alpha value is -0.0800. The summed E-state index contributed by atoms with van der Waals surface area (Å²) in [4.78, 5) is 2.53. The fourth-order valence-electron chi connectivity index (χ4n) is 2.03. The first-order valence-corrected chi connectivity index (χ1v) is 4.20. The van der Waals surface area contributed by atoms with Crippen molar-refractivity contribution in [3.63, 3.8) is 0 Å². The van der Waals surface area contributed by atoms with Crippen molar-refractivity contribution in [1.29, 1.82) is 0 Å². The second-order valence-corrected chi connectivity index (χ2v) is 3.95. The topological polar surface area (TPSA) is 29.3 Å². The van der Waals surface area contributed by atoms with Gasteiger partial charge >= 0.3 is 0 Å². The molecule has 2 fully saturated rings. The molecule has 2 N–H and O–H groups in total. The van der Waals surface area contributed by atoms with Gasteiger partial charge in [0.2, 0.25) is 0 Å². The van der Waals surface area contributed by atoms with E-state index in [2.05, 4.69) is 18.7 Å². The molecule has 0 bridgehead atoms. The lowest BCUT2D eigenvalue weighted by molar-refractivity contribution is 0.243. The number of hydrogen-bond acceptors (Lipinski definition) is 2. The highest BCUT2D eigenvalue weighted by atomic mass is 15.2. The van der Waals surface area contributed by atoms with E-state index >= 15 is 0 Å². The molecule has 2 nitrogen and oxygen atoms in total. The Kier molecular flexibility index (Phi) is 1.29. The summed E-state index contributed by atoms with van der Waals surface area (Å²) in [7, 11) is 0. The van der Waals surface area contributed by atoms with Crippen molar-refractivity contribution in [2.45, 2.75) is 25.9 Å². The molecule has 0 aromatic heterocycles. The first kappa shape index (κ1) is 6.62. The van der Waals surface area contributed by atoms with Crippen LogP contribution in [0.4, 0.5) is 0 Å². The lowest BCUT2D eigenvalue weighted by Crippen LogP contribution is -2.33. The standard InChI is InChI=1S/C8H16N2/c1-5(2)10-3-6-7(4-10)8(6)9/h5-8H,3-4,9H2,1-2H3/t6-,7+,8-. The Labute approximate surface area is 62.4 Å². The number of piperidine rings is 1. The third-order valence-electron chi connectivity index (χ3n) is 3.02. The molecule has 1 aliphatic carbocycles. The highest BCUT2D eigenvalue weighted by molar-refractivity contribution is 5.08. The summed E-state index contributed by atoms with van der Waals surface area (Å²) in [6, 6.07) is 1.27. The van der Waals surface area contributed by atoms with Crippen LogP contribution in [0.15, 0.2) is 0 Å². The van der Waals surface area contributed by atoms with Gasteiger partial charge < -0.3 is 10.6 Å². The average molecular weight is 140 g/mol. The highest BCUT2D eigenvalue weighted by Gasteiger charge is 2.53. The van der Waals surface area contributed by atoms with E-state index in [1.54, 1.807) is 0 Å². The van der Waals surface area contributed by atoms with Gasteiger partial charge in [0.25, 0.3) is 0 Å². The Balaban J connectivity index is 1.89. The van der Waals surface area contributed by atoms with Crippen LogP contribution in [0, 0.1) is 11.8 Å². The minimum absolute atomic E-state index is 0.551. The molecule has 1 saturated carbocycles. The average Bonchev–Trinajstić information content (AvgIpc) is 2.38. The van der Waals surface area contributed by atoms with Gasteiger partial charge in [-0.05, 0) is 25.7 Å². The lowest BCUT2D eigenvalue weighted by Gasteiger charge is -2.22. The minimum Gasteiger partial charge on any atom is -0.327 e. The third kappa shape index (κ3) is 0.789. The van der Waals surface area contributed by atoms with E-state index in [-0.39, 0.29) is 0 Å². The fourth-order valence-corrected chi connectivity index (χ4v) is 2.03. The summed E-state index contributed by atoms with van der Waals surface area (Å²) < 4.78 is 0. The van der Waals surface area contributed by atoms with Crippen molar-refractivity contribution in [2.75, 3.05) is 13.1 Å². The Morgan fingerprint density at radius 1 is 1.30 bits per heavy atom. The van der Waals surface area contributed by atoms with Gasteiger partial charge in [-0.1, -0.05) is 0 Å². The molecule has 1 saturated heterocycles. The zero-order valence-corrected chi connectivity index (χ0v) is 6.75. The van der Waals surface area contributed by atoms with Gasteiger partial charge in [0.1, 0.15) is 0 Å². The van der Waals surface area contributed by atoms with Crippen LogP contribution in [-0.2, 0) is 0 Å². The third-order valence-corrected chi connectivity index (χ3v) is 3.02. The number of fused-ring (bicyclic) bond motifs is 1. The van der Waals surface area contributed by atoms with E-state index in [0.717, 1.165) is 17.9 Å². The molecule has 58 valence electrons. The van der Waals surface area contributed by atoms with Crippen molar-refractivity contribution in [1.82, 2.24) is 4.90 Å². The van der Waals surface area contributed by atoms with Gasteiger partial charge in [-0.2, -0.15) is 0 Å². The predicted molar refractivity (Wildman–Crippen MR) is 41.7 cm³/mol. The molecule has 0 amide bonds. The maximum absolute atomic E-state index is 5.81. The number of likely N-dealkylation sites (tertiary alicyclic amines) is 1. The molecule has 3 atom stereocenters. The van der Waals surface area contributed by atoms with E-state index in [9.17, 15) is 0 Å². The predicted octanol–water partition coefficient (Wildman–Crippen LogP) is 0.284. The SMILES string of the molecule is CC(C)N1C[C@@H]2[C@H](N)[C@@H]2C1. The van der Waals surface area contributed by atoms with Crippen molar-refractivity contribution in [3.05, 3.63) is 0 Å². The van der Waals surface area contributed by atoms with Crippen LogP contribution in [0.1, 0.15) is 13.8 Å². The van der Waals surface area contributed by atoms with E-state index in [1.165, 1.54) is 13.1 Å². The molecule has 1 heterocycles. The van der Waals surface area contributed by atoms with Crippen LogP contribution in [0.5, 0.6) is 0 Å². The first-order chi connectivity index (χ1) is 4.70. The smallest absolute Gasteiger partial charge is 0.0127 e. The summed E-state index contributed by atoms with van der Waals surface area (Å²) in [5.74, 6) is 1.70. The molecular formula is C8H16N2. The minimum atomic E-state index is 0.551. The van der Waals surface area contributed by atoms with E-state index in [0.29, 0.717) is 6.04 Å². The zero-order valence-electron chi connectivity index (χ0n) is 6.75. The maximum atomic E-state index is 5.81. The zero-order chi connectivity index (χ0) is 7.30. The van der Waals surface area contributed by atoms with Crippen LogP contribution >= 0.6 is 0 Å².